The average molecular weight is 435 g/mol. The van der Waals surface area contributed by atoms with Gasteiger partial charge in [-0.3, -0.25) is 4.79 Å². The SMILES string of the molecule is COC(=O)c1cc(OC)c(OC)cc1NC(=O)C=C(C)c1ccc2cc(OC)ccc2c1. The van der Waals surface area contributed by atoms with Crippen molar-refractivity contribution in [2.24, 2.45) is 0 Å². The number of carbonyl (C=O) groups is 2. The summed E-state index contributed by atoms with van der Waals surface area (Å²) in [5, 5.41) is 4.81. The number of allylic oxidation sites excluding steroid dienone is 1. The molecule has 32 heavy (non-hydrogen) atoms. The zero-order valence-corrected chi connectivity index (χ0v) is 18.6. The van der Waals surface area contributed by atoms with Gasteiger partial charge in [-0.15, -0.1) is 0 Å². The van der Waals surface area contributed by atoms with Crippen LogP contribution in [0.5, 0.6) is 17.2 Å². The number of rotatable bonds is 7. The maximum absolute atomic E-state index is 12.7. The van der Waals surface area contributed by atoms with Crippen LogP contribution in [0.1, 0.15) is 22.8 Å². The van der Waals surface area contributed by atoms with Gasteiger partial charge >= 0.3 is 5.97 Å². The number of ether oxygens (including phenoxy) is 4. The first-order chi connectivity index (χ1) is 15.4. The molecule has 0 heterocycles. The molecule has 0 radical (unpaired) electrons. The lowest BCUT2D eigenvalue weighted by molar-refractivity contribution is -0.111. The third kappa shape index (κ3) is 4.83. The molecule has 0 aliphatic heterocycles. The van der Waals surface area contributed by atoms with Gasteiger partial charge in [0.25, 0.3) is 0 Å². The molecule has 0 bridgehead atoms. The van der Waals surface area contributed by atoms with Gasteiger partial charge in [0.15, 0.2) is 11.5 Å². The summed E-state index contributed by atoms with van der Waals surface area (Å²) in [6.07, 6.45) is 1.47. The lowest BCUT2D eigenvalue weighted by atomic mass is 10.0. The Morgan fingerprint density at radius 3 is 2.12 bits per heavy atom. The Balaban J connectivity index is 1.89. The molecule has 0 saturated carbocycles. The van der Waals surface area contributed by atoms with Crippen molar-refractivity contribution < 1.29 is 28.5 Å². The normalized spacial score (nSPS) is 11.1. The molecule has 0 unspecified atom stereocenters. The molecule has 0 aliphatic rings. The van der Waals surface area contributed by atoms with E-state index in [2.05, 4.69) is 5.32 Å². The number of fused-ring (bicyclic) bond motifs is 1. The third-order valence-electron chi connectivity index (χ3n) is 5.04. The smallest absolute Gasteiger partial charge is 0.340 e. The Labute approximate surface area is 186 Å². The topological polar surface area (TPSA) is 83.1 Å². The summed E-state index contributed by atoms with van der Waals surface area (Å²) < 4.78 is 20.6. The lowest BCUT2D eigenvalue weighted by Crippen LogP contribution is -2.14. The third-order valence-corrected chi connectivity index (χ3v) is 5.04. The number of hydrogen-bond donors (Lipinski definition) is 1. The van der Waals surface area contributed by atoms with E-state index in [4.69, 9.17) is 18.9 Å². The number of nitrogens with one attached hydrogen (secondary N) is 1. The van der Waals surface area contributed by atoms with Crippen LogP contribution >= 0.6 is 0 Å². The van der Waals surface area contributed by atoms with Crippen molar-refractivity contribution in [3.8, 4) is 17.2 Å². The van der Waals surface area contributed by atoms with E-state index in [9.17, 15) is 9.59 Å². The minimum Gasteiger partial charge on any atom is -0.497 e. The van der Waals surface area contributed by atoms with E-state index in [1.165, 1.54) is 39.5 Å². The van der Waals surface area contributed by atoms with E-state index in [0.29, 0.717) is 11.5 Å². The van der Waals surface area contributed by atoms with Gasteiger partial charge < -0.3 is 24.3 Å². The number of carbonyl (C=O) groups excluding carboxylic acids is 2. The minimum absolute atomic E-state index is 0.157. The fraction of sp³-hybridized carbons (Fsp3) is 0.200. The second-order valence-electron chi connectivity index (χ2n) is 6.99. The Morgan fingerprint density at radius 1 is 0.812 bits per heavy atom. The molecule has 0 saturated heterocycles. The molecule has 0 aromatic heterocycles. The summed E-state index contributed by atoms with van der Waals surface area (Å²) in [4.78, 5) is 24.9. The van der Waals surface area contributed by atoms with Crippen molar-refractivity contribution in [3.63, 3.8) is 0 Å². The summed E-state index contributed by atoms with van der Waals surface area (Å²) in [5.74, 6) is 0.515. The van der Waals surface area contributed by atoms with Crippen molar-refractivity contribution in [2.75, 3.05) is 33.8 Å². The summed E-state index contributed by atoms with van der Waals surface area (Å²) >= 11 is 0. The van der Waals surface area contributed by atoms with Crippen LogP contribution in [0.15, 0.2) is 54.6 Å². The molecule has 3 rings (SSSR count). The lowest BCUT2D eigenvalue weighted by Gasteiger charge is -2.14. The van der Waals surface area contributed by atoms with Crippen LogP contribution in [0.25, 0.3) is 16.3 Å². The second kappa shape index (κ2) is 9.87. The average Bonchev–Trinajstić information content (AvgIpc) is 2.82. The highest BCUT2D eigenvalue weighted by molar-refractivity contribution is 6.08. The largest absolute Gasteiger partial charge is 0.497 e. The van der Waals surface area contributed by atoms with E-state index in [-0.39, 0.29) is 11.3 Å². The molecular formula is C25H25NO6. The zero-order chi connectivity index (χ0) is 23.3. The first-order valence-corrected chi connectivity index (χ1v) is 9.82. The van der Waals surface area contributed by atoms with Gasteiger partial charge in [0.05, 0.1) is 39.7 Å². The fourth-order valence-electron chi connectivity index (χ4n) is 3.31. The molecular weight excluding hydrogens is 410 g/mol. The van der Waals surface area contributed by atoms with Crippen molar-refractivity contribution >= 4 is 33.9 Å². The van der Waals surface area contributed by atoms with E-state index < -0.39 is 11.9 Å². The van der Waals surface area contributed by atoms with Gasteiger partial charge in [-0.2, -0.15) is 0 Å². The van der Waals surface area contributed by atoms with Crippen LogP contribution in [-0.2, 0) is 9.53 Å². The first-order valence-electron chi connectivity index (χ1n) is 9.82. The maximum atomic E-state index is 12.7. The van der Waals surface area contributed by atoms with Crippen LogP contribution in [0.4, 0.5) is 5.69 Å². The van der Waals surface area contributed by atoms with Crippen LogP contribution < -0.4 is 19.5 Å². The van der Waals surface area contributed by atoms with Gasteiger partial charge in [-0.1, -0.05) is 18.2 Å². The second-order valence-corrected chi connectivity index (χ2v) is 6.99. The minimum atomic E-state index is -0.605. The van der Waals surface area contributed by atoms with Gasteiger partial charge in [-0.05, 0) is 47.0 Å². The number of esters is 1. The van der Waals surface area contributed by atoms with E-state index in [1.54, 1.807) is 7.11 Å². The molecule has 1 N–H and O–H groups in total. The van der Waals surface area contributed by atoms with Crippen molar-refractivity contribution in [1.82, 2.24) is 0 Å². The van der Waals surface area contributed by atoms with Crippen molar-refractivity contribution in [1.29, 1.82) is 0 Å². The molecule has 7 heteroatoms. The Bertz CT molecular complexity index is 1200. The van der Waals surface area contributed by atoms with Crippen LogP contribution in [0.2, 0.25) is 0 Å². The van der Waals surface area contributed by atoms with E-state index >= 15 is 0 Å². The number of benzene rings is 3. The van der Waals surface area contributed by atoms with Crippen LogP contribution in [-0.4, -0.2) is 40.3 Å². The molecule has 7 nitrogen and oxygen atoms in total. The van der Waals surface area contributed by atoms with E-state index in [1.807, 2.05) is 43.3 Å². The zero-order valence-electron chi connectivity index (χ0n) is 18.6. The molecule has 0 atom stereocenters. The first kappa shape index (κ1) is 22.7. The molecule has 3 aromatic carbocycles. The predicted molar refractivity (Wildman–Crippen MR) is 124 cm³/mol. The van der Waals surface area contributed by atoms with Crippen molar-refractivity contribution in [3.05, 3.63) is 65.7 Å². The summed E-state index contributed by atoms with van der Waals surface area (Å²) in [6, 6.07) is 14.7. The maximum Gasteiger partial charge on any atom is 0.340 e. The standard InChI is InChI=1S/C25H25NO6/c1-15(16-6-7-18-12-19(29-2)9-8-17(18)11-16)10-24(27)26-21-14-23(31-4)22(30-3)13-20(21)25(28)32-5/h6-14H,1-5H3,(H,26,27). The van der Waals surface area contributed by atoms with Crippen LogP contribution in [0, 0.1) is 0 Å². The van der Waals surface area contributed by atoms with Crippen molar-refractivity contribution in [2.45, 2.75) is 6.92 Å². The Morgan fingerprint density at radius 2 is 1.47 bits per heavy atom. The number of amides is 1. The predicted octanol–water partition coefficient (Wildman–Crippen LogP) is 4.69. The highest BCUT2D eigenvalue weighted by Gasteiger charge is 2.18. The van der Waals surface area contributed by atoms with Gasteiger partial charge in [0.1, 0.15) is 5.75 Å². The van der Waals surface area contributed by atoms with E-state index in [0.717, 1.165) is 27.7 Å². The molecule has 1 amide bonds. The summed E-state index contributed by atoms with van der Waals surface area (Å²) in [7, 11) is 5.83. The number of hydrogen-bond acceptors (Lipinski definition) is 6. The van der Waals surface area contributed by atoms with Crippen LogP contribution in [0.3, 0.4) is 0 Å². The Hall–Kier alpha value is -4.00. The fourth-order valence-corrected chi connectivity index (χ4v) is 3.31. The number of anilines is 1. The molecule has 0 spiro atoms. The van der Waals surface area contributed by atoms with Gasteiger partial charge in [-0.25, -0.2) is 4.79 Å². The van der Waals surface area contributed by atoms with Gasteiger partial charge in [0.2, 0.25) is 5.91 Å². The molecule has 0 fully saturated rings. The molecule has 0 aliphatic carbocycles. The highest BCUT2D eigenvalue weighted by Crippen LogP contribution is 2.34. The molecule has 166 valence electrons. The highest BCUT2D eigenvalue weighted by atomic mass is 16.5. The summed E-state index contributed by atoms with van der Waals surface area (Å²) in [6.45, 7) is 1.85. The van der Waals surface area contributed by atoms with Gasteiger partial charge in [0, 0.05) is 18.2 Å². The monoisotopic (exact) mass is 435 g/mol. The summed E-state index contributed by atoms with van der Waals surface area (Å²) in [5.41, 5.74) is 2.08. The molecule has 3 aromatic rings. The number of methoxy groups -OCH3 is 4. The quantitative estimate of drug-likeness (QED) is 0.428. The Kier molecular flexibility index (Phi) is 7.00.